The van der Waals surface area contributed by atoms with Gasteiger partial charge in [0.2, 0.25) is 0 Å². The summed E-state index contributed by atoms with van der Waals surface area (Å²) in [7, 11) is 1.57. The summed E-state index contributed by atoms with van der Waals surface area (Å²) in [4.78, 5) is 12.3. The predicted molar refractivity (Wildman–Crippen MR) is 104 cm³/mol. The SMILES string of the molecule is COc1ccc(NC(=O)/C(C#N)=C\Nc2ccccc2C(C)(C)C)cc1. The lowest BCUT2D eigenvalue weighted by Crippen LogP contribution is -2.16. The van der Waals surface area contributed by atoms with E-state index in [-0.39, 0.29) is 11.0 Å². The molecule has 5 nitrogen and oxygen atoms in total. The van der Waals surface area contributed by atoms with E-state index in [0.717, 1.165) is 11.3 Å². The lowest BCUT2D eigenvalue weighted by Gasteiger charge is -2.22. The number of nitriles is 1. The lowest BCUT2D eigenvalue weighted by atomic mass is 9.86. The Bertz CT molecular complexity index is 841. The van der Waals surface area contributed by atoms with Crippen LogP contribution in [0.2, 0.25) is 0 Å². The van der Waals surface area contributed by atoms with Crippen LogP contribution in [0.4, 0.5) is 11.4 Å². The highest BCUT2D eigenvalue weighted by molar-refractivity contribution is 6.06. The molecule has 0 aliphatic rings. The van der Waals surface area contributed by atoms with Gasteiger partial charge >= 0.3 is 0 Å². The maximum Gasteiger partial charge on any atom is 0.267 e. The van der Waals surface area contributed by atoms with Crippen LogP contribution in [-0.4, -0.2) is 13.0 Å². The van der Waals surface area contributed by atoms with Gasteiger partial charge < -0.3 is 15.4 Å². The van der Waals surface area contributed by atoms with Crippen LogP contribution >= 0.6 is 0 Å². The van der Waals surface area contributed by atoms with E-state index in [1.165, 1.54) is 6.20 Å². The molecule has 2 aromatic carbocycles. The highest BCUT2D eigenvalue weighted by atomic mass is 16.5. The Hall–Kier alpha value is -3.26. The molecule has 0 aliphatic heterocycles. The van der Waals surface area contributed by atoms with Crippen molar-refractivity contribution in [2.45, 2.75) is 26.2 Å². The van der Waals surface area contributed by atoms with E-state index in [2.05, 4.69) is 31.4 Å². The number of carbonyl (C=O) groups excluding carboxylic acids is 1. The molecule has 2 aromatic rings. The number of anilines is 2. The first-order chi connectivity index (χ1) is 12.3. The van der Waals surface area contributed by atoms with E-state index < -0.39 is 5.91 Å². The van der Waals surface area contributed by atoms with E-state index in [1.54, 1.807) is 31.4 Å². The molecule has 0 unspecified atom stereocenters. The van der Waals surface area contributed by atoms with Crippen molar-refractivity contribution in [1.29, 1.82) is 5.26 Å². The molecule has 0 saturated carbocycles. The third-order valence-corrected chi connectivity index (χ3v) is 3.82. The fraction of sp³-hybridized carbons (Fsp3) is 0.238. The summed E-state index contributed by atoms with van der Waals surface area (Å²) >= 11 is 0. The summed E-state index contributed by atoms with van der Waals surface area (Å²) in [6.07, 6.45) is 1.43. The van der Waals surface area contributed by atoms with Crippen LogP contribution < -0.4 is 15.4 Å². The molecule has 2 N–H and O–H groups in total. The van der Waals surface area contributed by atoms with E-state index >= 15 is 0 Å². The Balaban J connectivity index is 2.15. The zero-order chi connectivity index (χ0) is 19.2. The number of methoxy groups -OCH3 is 1. The van der Waals surface area contributed by atoms with E-state index in [1.807, 2.05) is 30.3 Å². The standard InChI is InChI=1S/C21H23N3O2/c1-21(2,3)18-7-5-6-8-19(18)23-14-15(13-22)20(25)24-16-9-11-17(26-4)12-10-16/h5-12,14,23H,1-4H3,(H,24,25)/b15-14-. The smallest absolute Gasteiger partial charge is 0.267 e. The minimum atomic E-state index is -0.474. The van der Waals surface area contributed by atoms with Crippen LogP contribution in [0.25, 0.3) is 0 Å². The number of rotatable bonds is 5. The third-order valence-electron chi connectivity index (χ3n) is 3.82. The van der Waals surface area contributed by atoms with Crippen LogP contribution in [-0.2, 0) is 10.2 Å². The van der Waals surface area contributed by atoms with Crippen LogP contribution in [0.1, 0.15) is 26.3 Å². The number of para-hydroxylation sites is 1. The molecule has 0 atom stereocenters. The summed E-state index contributed by atoms with van der Waals surface area (Å²) in [5.74, 6) is 0.220. The number of benzene rings is 2. The van der Waals surface area contributed by atoms with E-state index in [0.29, 0.717) is 11.4 Å². The molecule has 0 aliphatic carbocycles. The van der Waals surface area contributed by atoms with Gasteiger partial charge in [-0.3, -0.25) is 4.79 Å². The van der Waals surface area contributed by atoms with Crippen molar-refractivity contribution in [1.82, 2.24) is 0 Å². The zero-order valence-corrected chi connectivity index (χ0v) is 15.5. The van der Waals surface area contributed by atoms with Gasteiger partial charge in [0.1, 0.15) is 17.4 Å². The second-order valence-electron chi connectivity index (χ2n) is 6.79. The summed E-state index contributed by atoms with van der Waals surface area (Å²) in [6, 6.07) is 16.7. The van der Waals surface area contributed by atoms with Crippen LogP contribution in [0.5, 0.6) is 5.75 Å². The zero-order valence-electron chi connectivity index (χ0n) is 15.5. The molecule has 0 spiro atoms. The van der Waals surface area contributed by atoms with Gasteiger partial charge in [-0.15, -0.1) is 0 Å². The molecule has 0 radical (unpaired) electrons. The van der Waals surface area contributed by atoms with Crippen molar-refractivity contribution >= 4 is 17.3 Å². The van der Waals surface area contributed by atoms with Gasteiger partial charge in [0.05, 0.1) is 7.11 Å². The van der Waals surface area contributed by atoms with Crippen LogP contribution in [0, 0.1) is 11.3 Å². The molecular weight excluding hydrogens is 326 g/mol. The number of hydrogen-bond acceptors (Lipinski definition) is 4. The van der Waals surface area contributed by atoms with Crippen molar-refractivity contribution in [2.24, 2.45) is 0 Å². The Kier molecular flexibility index (Phi) is 6.03. The normalized spacial score (nSPS) is 11.4. The van der Waals surface area contributed by atoms with Gasteiger partial charge in [-0.05, 0) is 41.3 Å². The predicted octanol–water partition coefficient (Wildman–Crippen LogP) is 4.45. The molecule has 0 aromatic heterocycles. The second kappa shape index (κ2) is 8.21. The number of carbonyl (C=O) groups is 1. The lowest BCUT2D eigenvalue weighted by molar-refractivity contribution is -0.112. The Morgan fingerprint density at radius 1 is 1.12 bits per heavy atom. The molecular formula is C21H23N3O2. The number of nitrogens with one attached hydrogen (secondary N) is 2. The van der Waals surface area contributed by atoms with Crippen molar-refractivity contribution in [3.8, 4) is 11.8 Å². The van der Waals surface area contributed by atoms with Gasteiger partial charge in [0, 0.05) is 17.6 Å². The van der Waals surface area contributed by atoms with Gasteiger partial charge in [0.25, 0.3) is 5.91 Å². The molecule has 0 heterocycles. The average molecular weight is 349 g/mol. The summed E-state index contributed by atoms with van der Waals surface area (Å²) in [6.45, 7) is 6.33. The number of hydrogen-bond donors (Lipinski definition) is 2. The van der Waals surface area contributed by atoms with Crippen molar-refractivity contribution in [2.75, 3.05) is 17.7 Å². The first-order valence-electron chi connectivity index (χ1n) is 8.27. The molecule has 0 bridgehead atoms. The summed E-state index contributed by atoms with van der Waals surface area (Å²) in [5.41, 5.74) is 2.49. The van der Waals surface area contributed by atoms with Gasteiger partial charge in [-0.25, -0.2) is 0 Å². The Labute approximate surface area is 154 Å². The number of amides is 1. The second-order valence-corrected chi connectivity index (χ2v) is 6.79. The summed E-state index contributed by atoms with van der Waals surface area (Å²) in [5, 5.41) is 15.1. The van der Waals surface area contributed by atoms with Crippen molar-refractivity contribution < 1.29 is 9.53 Å². The Morgan fingerprint density at radius 2 is 1.77 bits per heavy atom. The molecule has 26 heavy (non-hydrogen) atoms. The van der Waals surface area contributed by atoms with Crippen LogP contribution in [0.15, 0.2) is 60.3 Å². The molecule has 134 valence electrons. The highest BCUT2D eigenvalue weighted by Gasteiger charge is 2.17. The van der Waals surface area contributed by atoms with Gasteiger partial charge in [0.15, 0.2) is 0 Å². The van der Waals surface area contributed by atoms with Crippen LogP contribution in [0.3, 0.4) is 0 Å². The molecule has 5 heteroatoms. The van der Waals surface area contributed by atoms with Gasteiger partial charge in [-0.2, -0.15) is 5.26 Å². The highest BCUT2D eigenvalue weighted by Crippen LogP contribution is 2.29. The minimum absolute atomic E-state index is 0.00969. The topological polar surface area (TPSA) is 74.1 Å². The number of ether oxygens (including phenoxy) is 1. The first kappa shape index (κ1) is 19.1. The fourth-order valence-corrected chi connectivity index (χ4v) is 2.43. The third kappa shape index (κ3) is 4.87. The number of nitrogens with zero attached hydrogens (tertiary/aromatic N) is 1. The van der Waals surface area contributed by atoms with Crippen molar-refractivity contribution in [3.63, 3.8) is 0 Å². The average Bonchev–Trinajstić information content (AvgIpc) is 2.62. The first-order valence-corrected chi connectivity index (χ1v) is 8.27. The maximum absolute atomic E-state index is 12.3. The maximum atomic E-state index is 12.3. The fourth-order valence-electron chi connectivity index (χ4n) is 2.43. The van der Waals surface area contributed by atoms with Crippen molar-refractivity contribution in [3.05, 3.63) is 65.9 Å². The van der Waals surface area contributed by atoms with E-state index in [4.69, 9.17) is 4.74 Å². The molecule has 0 fully saturated rings. The Morgan fingerprint density at radius 3 is 2.35 bits per heavy atom. The quantitative estimate of drug-likeness (QED) is 0.618. The largest absolute Gasteiger partial charge is 0.497 e. The molecule has 1 amide bonds. The molecule has 2 rings (SSSR count). The summed E-state index contributed by atoms with van der Waals surface area (Å²) < 4.78 is 5.08. The minimum Gasteiger partial charge on any atom is -0.497 e. The molecule has 0 saturated heterocycles. The van der Waals surface area contributed by atoms with Gasteiger partial charge in [-0.1, -0.05) is 39.0 Å². The van der Waals surface area contributed by atoms with E-state index in [9.17, 15) is 10.1 Å². The monoisotopic (exact) mass is 349 g/mol.